The van der Waals surface area contributed by atoms with Gasteiger partial charge in [0, 0.05) is 11.1 Å². The van der Waals surface area contributed by atoms with Crippen molar-refractivity contribution >= 4 is 14.5 Å². The van der Waals surface area contributed by atoms with Crippen LogP contribution < -0.4 is 14.8 Å². The van der Waals surface area contributed by atoms with Crippen molar-refractivity contribution < 1.29 is 9.47 Å². The molecule has 0 saturated carbocycles. The van der Waals surface area contributed by atoms with Crippen molar-refractivity contribution in [2.75, 3.05) is 14.2 Å². The summed E-state index contributed by atoms with van der Waals surface area (Å²) in [5, 5.41) is 1.28. The Balaban J connectivity index is 2.06. The standard InChI is InChI=1S/C22H21O2P/c1-23-19-9-5-3-7-14(19)18-13-21(25)15-11-12-16(15)22(18)17-8-4-6-10-20(17)24-2/h3-10,13H,11-12,25H2,1-2H3. The van der Waals surface area contributed by atoms with E-state index >= 15 is 0 Å². The first-order valence-corrected chi connectivity index (χ1v) is 9.03. The van der Waals surface area contributed by atoms with Gasteiger partial charge < -0.3 is 9.47 Å². The summed E-state index contributed by atoms with van der Waals surface area (Å²) in [5.41, 5.74) is 7.61. The molecule has 3 aromatic rings. The highest BCUT2D eigenvalue weighted by atomic mass is 31.0. The van der Waals surface area contributed by atoms with Crippen LogP contribution in [0.25, 0.3) is 22.3 Å². The minimum absolute atomic E-state index is 0.891. The minimum atomic E-state index is 0.891. The van der Waals surface area contributed by atoms with Crippen molar-refractivity contribution in [2.45, 2.75) is 12.8 Å². The van der Waals surface area contributed by atoms with Crippen LogP contribution in [0.5, 0.6) is 11.5 Å². The quantitative estimate of drug-likeness (QED) is 0.640. The molecule has 0 aliphatic heterocycles. The van der Waals surface area contributed by atoms with E-state index in [1.54, 1.807) is 14.2 Å². The summed E-state index contributed by atoms with van der Waals surface area (Å²) in [5.74, 6) is 1.80. The van der Waals surface area contributed by atoms with Gasteiger partial charge in [-0.2, -0.15) is 0 Å². The van der Waals surface area contributed by atoms with Gasteiger partial charge in [0.25, 0.3) is 0 Å². The molecule has 0 aromatic heterocycles. The predicted octanol–water partition coefficient (Wildman–Crippen LogP) is 4.64. The van der Waals surface area contributed by atoms with E-state index in [2.05, 4.69) is 39.6 Å². The van der Waals surface area contributed by atoms with E-state index in [-0.39, 0.29) is 0 Å². The maximum Gasteiger partial charge on any atom is 0.126 e. The Hall–Kier alpha value is -2.31. The van der Waals surface area contributed by atoms with Gasteiger partial charge in [0.2, 0.25) is 0 Å². The molecule has 0 radical (unpaired) electrons. The van der Waals surface area contributed by atoms with E-state index < -0.39 is 0 Å². The Bertz CT molecular complexity index is 947. The molecule has 1 aliphatic rings. The van der Waals surface area contributed by atoms with Gasteiger partial charge in [-0.25, -0.2) is 0 Å². The summed E-state index contributed by atoms with van der Waals surface area (Å²) in [4.78, 5) is 0. The van der Waals surface area contributed by atoms with Crippen LogP contribution in [0.2, 0.25) is 0 Å². The number of hydrogen-bond acceptors (Lipinski definition) is 2. The summed E-state index contributed by atoms with van der Waals surface area (Å²) >= 11 is 0. The minimum Gasteiger partial charge on any atom is -0.496 e. The third kappa shape index (κ3) is 2.62. The molecular weight excluding hydrogens is 327 g/mol. The van der Waals surface area contributed by atoms with Crippen LogP contribution in [0.1, 0.15) is 11.1 Å². The van der Waals surface area contributed by atoms with E-state index in [0.717, 1.165) is 35.5 Å². The second-order valence-corrected chi connectivity index (χ2v) is 6.87. The zero-order valence-electron chi connectivity index (χ0n) is 14.5. The molecule has 2 nitrogen and oxygen atoms in total. The second-order valence-electron chi connectivity index (χ2n) is 6.25. The Labute approximate surface area is 151 Å². The summed E-state index contributed by atoms with van der Waals surface area (Å²) in [6, 6.07) is 18.7. The van der Waals surface area contributed by atoms with Crippen molar-refractivity contribution in [1.29, 1.82) is 0 Å². The van der Waals surface area contributed by atoms with Gasteiger partial charge in [-0.1, -0.05) is 36.4 Å². The molecule has 1 aliphatic carbocycles. The number of para-hydroxylation sites is 2. The molecule has 25 heavy (non-hydrogen) atoms. The van der Waals surface area contributed by atoms with Gasteiger partial charge in [-0.05, 0) is 58.6 Å². The third-order valence-electron chi connectivity index (χ3n) is 4.98. The molecule has 1 unspecified atom stereocenters. The van der Waals surface area contributed by atoms with Crippen molar-refractivity contribution in [3.8, 4) is 33.8 Å². The first kappa shape index (κ1) is 16.2. The van der Waals surface area contributed by atoms with Gasteiger partial charge in [-0.3, -0.25) is 0 Å². The van der Waals surface area contributed by atoms with Crippen LogP contribution in [0.4, 0.5) is 0 Å². The zero-order valence-corrected chi connectivity index (χ0v) is 15.7. The molecule has 0 bridgehead atoms. The highest BCUT2D eigenvalue weighted by Gasteiger charge is 2.26. The van der Waals surface area contributed by atoms with E-state index in [9.17, 15) is 0 Å². The zero-order chi connectivity index (χ0) is 17.4. The number of ether oxygens (including phenoxy) is 2. The molecule has 0 saturated heterocycles. The fourth-order valence-corrected chi connectivity index (χ4v) is 4.17. The Kier molecular flexibility index (Phi) is 4.23. The number of methoxy groups -OCH3 is 2. The maximum atomic E-state index is 5.66. The van der Waals surface area contributed by atoms with Crippen LogP contribution >= 0.6 is 9.24 Å². The van der Waals surface area contributed by atoms with Crippen molar-refractivity contribution in [3.63, 3.8) is 0 Å². The monoisotopic (exact) mass is 348 g/mol. The van der Waals surface area contributed by atoms with E-state index in [0.29, 0.717) is 0 Å². The fourth-order valence-electron chi connectivity index (χ4n) is 3.69. The lowest BCUT2D eigenvalue weighted by Crippen LogP contribution is -2.20. The summed E-state index contributed by atoms with van der Waals surface area (Å²) in [7, 11) is 6.36. The fraction of sp³-hybridized carbons (Fsp3) is 0.182. The molecule has 0 N–H and O–H groups in total. The van der Waals surface area contributed by atoms with Crippen molar-refractivity contribution in [3.05, 3.63) is 65.7 Å². The second kappa shape index (κ2) is 6.54. The highest BCUT2D eigenvalue weighted by Crippen LogP contribution is 2.45. The summed E-state index contributed by atoms with van der Waals surface area (Å²) in [6.07, 6.45) is 2.25. The average Bonchev–Trinajstić information content (AvgIpc) is 2.62. The normalized spacial score (nSPS) is 12.3. The first-order chi connectivity index (χ1) is 12.2. The highest BCUT2D eigenvalue weighted by molar-refractivity contribution is 7.27. The third-order valence-corrected chi connectivity index (χ3v) is 5.50. The molecule has 3 heteroatoms. The molecule has 0 heterocycles. The topological polar surface area (TPSA) is 18.5 Å². The predicted molar refractivity (Wildman–Crippen MR) is 107 cm³/mol. The smallest absolute Gasteiger partial charge is 0.126 e. The largest absolute Gasteiger partial charge is 0.496 e. The average molecular weight is 348 g/mol. The number of rotatable bonds is 4. The summed E-state index contributed by atoms with van der Waals surface area (Å²) < 4.78 is 11.3. The summed E-state index contributed by atoms with van der Waals surface area (Å²) in [6.45, 7) is 0. The van der Waals surface area contributed by atoms with Crippen LogP contribution in [0.15, 0.2) is 54.6 Å². The van der Waals surface area contributed by atoms with Crippen LogP contribution in [-0.4, -0.2) is 14.2 Å². The molecular formula is C22H21O2P. The van der Waals surface area contributed by atoms with Gasteiger partial charge in [0.15, 0.2) is 0 Å². The number of fused-ring (bicyclic) bond motifs is 1. The molecule has 3 aromatic carbocycles. The van der Waals surface area contributed by atoms with Crippen LogP contribution in [-0.2, 0) is 12.8 Å². The van der Waals surface area contributed by atoms with Gasteiger partial charge in [0.05, 0.1) is 14.2 Å². The van der Waals surface area contributed by atoms with E-state index in [1.807, 2.05) is 24.3 Å². The number of hydrogen-bond donors (Lipinski definition) is 0. The molecule has 126 valence electrons. The molecule has 0 fully saturated rings. The van der Waals surface area contributed by atoms with Gasteiger partial charge in [-0.15, -0.1) is 9.24 Å². The molecule has 1 atom stereocenters. The van der Waals surface area contributed by atoms with E-state index in [1.165, 1.54) is 27.6 Å². The van der Waals surface area contributed by atoms with Crippen molar-refractivity contribution in [1.82, 2.24) is 0 Å². The Morgan fingerprint density at radius 1 is 0.720 bits per heavy atom. The lowest BCUT2D eigenvalue weighted by Gasteiger charge is -2.29. The maximum absolute atomic E-state index is 5.66. The Morgan fingerprint density at radius 3 is 1.88 bits per heavy atom. The molecule has 4 rings (SSSR count). The SMILES string of the molecule is COc1ccccc1-c1cc(P)c2c(c1-c1ccccc1OC)CC2. The Morgan fingerprint density at radius 2 is 1.28 bits per heavy atom. The van der Waals surface area contributed by atoms with Crippen LogP contribution in [0.3, 0.4) is 0 Å². The molecule has 0 spiro atoms. The van der Waals surface area contributed by atoms with Gasteiger partial charge in [0.1, 0.15) is 11.5 Å². The van der Waals surface area contributed by atoms with Crippen LogP contribution in [0, 0.1) is 0 Å². The number of benzene rings is 3. The van der Waals surface area contributed by atoms with E-state index in [4.69, 9.17) is 9.47 Å². The molecule has 0 amide bonds. The lowest BCUT2D eigenvalue weighted by atomic mass is 9.78. The first-order valence-electron chi connectivity index (χ1n) is 8.45. The van der Waals surface area contributed by atoms with Crippen molar-refractivity contribution in [2.24, 2.45) is 0 Å². The lowest BCUT2D eigenvalue weighted by molar-refractivity contribution is 0.415. The van der Waals surface area contributed by atoms with Gasteiger partial charge >= 0.3 is 0 Å².